The number of rotatable bonds is 7. The molecule has 0 radical (unpaired) electrons. The van der Waals surface area contributed by atoms with Gasteiger partial charge in [-0.15, -0.1) is 24.0 Å². The second kappa shape index (κ2) is 11.7. The summed E-state index contributed by atoms with van der Waals surface area (Å²) in [4.78, 5) is 4.49. The molecule has 1 atom stereocenters. The van der Waals surface area contributed by atoms with Crippen LogP contribution in [0.2, 0.25) is 0 Å². The van der Waals surface area contributed by atoms with Gasteiger partial charge in [0, 0.05) is 13.1 Å². The molecule has 8 heteroatoms. The number of hydrogen-bond acceptors (Lipinski definition) is 3. The van der Waals surface area contributed by atoms with Gasteiger partial charge in [-0.1, -0.05) is 18.2 Å². The van der Waals surface area contributed by atoms with Crippen LogP contribution in [0.5, 0.6) is 11.5 Å². The van der Waals surface area contributed by atoms with Crippen molar-refractivity contribution >= 4 is 29.9 Å². The van der Waals surface area contributed by atoms with Crippen LogP contribution >= 0.6 is 24.0 Å². The lowest BCUT2D eigenvalue weighted by molar-refractivity contribution is 0.370. The third-order valence-electron chi connectivity index (χ3n) is 4.09. The number of halogens is 3. The SMILES string of the molecule is CCNC(=NCCc1cccc(OC)c1O)NC(C)c1ccc(F)c(F)c1.I. The fraction of sp³-hybridized carbons (Fsp3) is 0.350. The molecule has 3 N–H and O–H groups in total. The van der Waals surface area contributed by atoms with Gasteiger partial charge in [0.1, 0.15) is 0 Å². The molecule has 0 aliphatic carbocycles. The summed E-state index contributed by atoms with van der Waals surface area (Å²) in [5.41, 5.74) is 1.35. The summed E-state index contributed by atoms with van der Waals surface area (Å²) in [5.74, 6) is -0.657. The lowest BCUT2D eigenvalue weighted by Gasteiger charge is -2.18. The first-order valence-electron chi connectivity index (χ1n) is 8.80. The zero-order chi connectivity index (χ0) is 19.8. The van der Waals surface area contributed by atoms with E-state index in [1.807, 2.05) is 26.0 Å². The van der Waals surface area contributed by atoms with Crippen LogP contribution in [0.25, 0.3) is 0 Å². The van der Waals surface area contributed by atoms with Crippen molar-refractivity contribution in [3.05, 3.63) is 59.2 Å². The molecule has 2 rings (SSSR count). The molecule has 2 aromatic carbocycles. The number of para-hydroxylation sites is 1. The maximum atomic E-state index is 13.4. The summed E-state index contributed by atoms with van der Waals surface area (Å²) in [6.45, 7) is 4.86. The quantitative estimate of drug-likeness (QED) is 0.301. The number of guanidine groups is 1. The number of phenolic OH excluding ortho intramolecular Hbond substituents is 1. The van der Waals surface area contributed by atoms with Crippen molar-refractivity contribution in [1.82, 2.24) is 10.6 Å². The Balaban J connectivity index is 0.00000392. The van der Waals surface area contributed by atoms with Crippen LogP contribution in [0.15, 0.2) is 41.4 Å². The highest BCUT2D eigenvalue weighted by molar-refractivity contribution is 14.0. The van der Waals surface area contributed by atoms with Crippen molar-refractivity contribution in [2.45, 2.75) is 26.3 Å². The topological polar surface area (TPSA) is 65.9 Å². The lowest BCUT2D eigenvalue weighted by atomic mass is 10.1. The Kier molecular flexibility index (Phi) is 9.98. The number of methoxy groups -OCH3 is 1. The highest BCUT2D eigenvalue weighted by Gasteiger charge is 2.11. The van der Waals surface area contributed by atoms with Crippen LogP contribution in [0.4, 0.5) is 8.78 Å². The Hall–Kier alpha value is -2.10. The second-order valence-electron chi connectivity index (χ2n) is 6.02. The summed E-state index contributed by atoms with van der Waals surface area (Å²) in [6, 6.07) is 8.88. The summed E-state index contributed by atoms with van der Waals surface area (Å²) in [5, 5.41) is 16.4. The number of nitrogens with zero attached hydrogens (tertiary/aromatic N) is 1. The monoisotopic (exact) mass is 505 g/mol. The van der Waals surface area contributed by atoms with E-state index in [2.05, 4.69) is 15.6 Å². The fourth-order valence-corrected chi connectivity index (χ4v) is 2.61. The summed E-state index contributed by atoms with van der Waals surface area (Å²) in [7, 11) is 1.50. The van der Waals surface area contributed by atoms with Crippen molar-refractivity contribution in [3.63, 3.8) is 0 Å². The molecule has 0 spiro atoms. The molecular weight excluding hydrogens is 479 g/mol. The van der Waals surface area contributed by atoms with Gasteiger partial charge in [-0.2, -0.15) is 0 Å². The summed E-state index contributed by atoms with van der Waals surface area (Å²) >= 11 is 0. The van der Waals surface area contributed by atoms with E-state index in [0.29, 0.717) is 36.8 Å². The first kappa shape index (κ1) is 23.9. The molecule has 154 valence electrons. The molecule has 2 aromatic rings. The number of aliphatic imine (C=N–C) groups is 1. The molecule has 0 bridgehead atoms. The van der Waals surface area contributed by atoms with Gasteiger partial charge in [0.05, 0.1) is 13.2 Å². The van der Waals surface area contributed by atoms with Gasteiger partial charge in [0.2, 0.25) is 0 Å². The number of aromatic hydroxyl groups is 1. The number of benzene rings is 2. The van der Waals surface area contributed by atoms with Crippen LogP contribution in [0.3, 0.4) is 0 Å². The average molecular weight is 505 g/mol. The number of phenols is 1. The number of ether oxygens (including phenoxy) is 1. The highest BCUT2D eigenvalue weighted by atomic mass is 127. The Morgan fingerprint density at radius 3 is 2.61 bits per heavy atom. The Labute approximate surface area is 181 Å². The van der Waals surface area contributed by atoms with E-state index >= 15 is 0 Å². The predicted octanol–water partition coefficient (Wildman–Crippen LogP) is 4.16. The minimum absolute atomic E-state index is 0. The third-order valence-corrected chi connectivity index (χ3v) is 4.09. The van der Waals surface area contributed by atoms with Crippen LogP contribution < -0.4 is 15.4 Å². The summed E-state index contributed by atoms with van der Waals surface area (Å²) < 4.78 is 31.6. The standard InChI is InChI=1S/C20H25F2N3O2.HI/c1-4-23-20(25-13(2)15-8-9-16(21)17(22)12-15)24-11-10-14-6-5-7-18(27-3)19(14)26;/h5-9,12-13,26H,4,10-11H2,1-3H3,(H2,23,24,25);1H. The van der Waals surface area contributed by atoms with Crippen LogP contribution in [0, 0.1) is 11.6 Å². The molecule has 0 aliphatic rings. The molecule has 0 saturated carbocycles. The van der Waals surface area contributed by atoms with Crippen molar-refractivity contribution in [3.8, 4) is 11.5 Å². The van der Waals surface area contributed by atoms with Crippen molar-refractivity contribution in [2.75, 3.05) is 20.2 Å². The Morgan fingerprint density at radius 2 is 1.96 bits per heavy atom. The van der Waals surface area contributed by atoms with Gasteiger partial charge < -0.3 is 20.5 Å². The summed E-state index contributed by atoms with van der Waals surface area (Å²) in [6.07, 6.45) is 0.527. The number of nitrogens with one attached hydrogen (secondary N) is 2. The zero-order valence-electron chi connectivity index (χ0n) is 16.1. The number of hydrogen-bond donors (Lipinski definition) is 3. The first-order chi connectivity index (χ1) is 13.0. The van der Waals surface area contributed by atoms with Gasteiger partial charge in [-0.25, -0.2) is 8.78 Å². The Bertz CT molecular complexity index is 803. The molecular formula is C20H26F2IN3O2. The van der Waals surface area contributed by atoms with E-state index in [0.717, 1.165) is 11.6 Å². The van der Waals surface area contributed by atoms with E-state index in [4.69, 9.17) is 4.74 Å². The van der Waals surface area contributed by atoms with Crippen LogP contribution in [0.1, 0.15) is 31.0 Å². The second-order valence-corrected chi connectivity index (χ2v) is 6.02. The van der Waals surface area contributed by atoms with Crippen LogP contribution in [-0.2, 0) is 6.42 Å². The fourth-order valence-electron chi connectivity index (χ4n) is 2.61. The maximum absolute atomic E-state index is 13.4. The van der Waals surface area contributed by atoms with E-state index in [1.54, 1.807) is 6.07 Å². The van der Waals surface area contributed by atoms with Gasteiger partial charge in [-0.05, 0) is 49.6 Å². The minimum Gasteiger partial charge on any atom is -0.504 e. The van der Waals surface area contributed by atoms with Crippen molar-refractivity contribution in [2.24, 2.45) is 4.99 Å². The molecule has 0 aliphatic heterocycles. The van der Waals surface area contributed by atoms with E-state index in [-0.39, 0.29) is 35.8 Å². The Morgan fingerprint density at radius 1 is 1.21 bits per heavy atom. The predicted molar refractivity (Wildman–Crippen MR) is 118 cm³/mol. The molecule has 1 unspecified atom stereocenters. The van der Waals surface area contributed by atoms with E-state index in [1.165, 1.54) is 19.2 Å². The van der Waals surface area contributed by atoms with Gasteiger partial charge in [-0.3, -0.25) is 4.99 Å². The van der Waals surface area contributed by atoms with Crippen molar-refractivity contribution < 1.29 is 18.6 Å². The molecule has 5 nitrogen and oxygen atoms in total. The largest absolute Gasteiger partial charge is 0.504 e. The van der Waals surface area contributed by atoms with E-state index in [9.17, 15) is 13.9 Å². The minimum atomic E-state index is -0.878. The normalized spacial score (nSPS) is 12.1. The van der Waals surface area contributed by atoms with Gasteiger partial charge >= 0.3 is 0 Å². The maximum Gasteiger partial charge on any atom is 0.191 e. The molecule has 0 amide bonds. The van der Waals surface area contributed by atoms with Crippen molar-refractivity contribution in [1.29, 1.82) is 0 Å². The average Bonchev–Trinajstić information content (AvgIpc) is 2.65. The van der Waals surface area contributed by atoms with Gasteiger partial charge in [0.15, 0.2) is 29.1 Å². The molecule has 0 fully saturated rings. The highest BCUT2D eigenvalue weighted by Crippen LogP contribution is 2.29. The van der Waals surface area contributed by atoms with Crippen LogP contribution in [-0.4, -0.2) is 31.3 Å². The molecule has 0 saturated heterocycles. The smallest absolute Gasteiger partial charge is 0.191 e. The third kappa shape index (κ3) is 6.50. The lowest BCUT2D eigenvalue weighted by Crippen LogP contribution is -2.39. The zero-order valence-corrected chi connectivity index (χ0v) is 18.5. The van der Waals surface area contributed by atoms with E-state index < -0.39 is 11.6 Å². The van der Waals surface area contributed by atoms with Gasteiger partial charge in [0.25, 0.3) is 0 Å². The molecule has 0 heterocycles. The molecule has 28 heavy (non-hydrogen) atoms. The first-order valence-corrected chi connectivity index (χ1v) is 8.80. The molecule has 0 aromatic heterocycles.